The molecule has 0 amide bonds. The molecule has 1 aliphatic heterocycles. The lowest BCUT2D eigenvalue weighted by atomic mass is 10.2. The molecule has 3 N–H and O–H groups in total. The van der Waals surface area contributed by atoms with Gasteiger partial charge in [-0.1, -0.05) is 0 Å². The number of likely N-dealkylation sites (tertiary alicyclic amines) is 1. The van der Waals surface area contributed by atoms with E-state index in [2.05, 4.69) is 15.6 Å². The van der Waals surface area contributed by atoms with Gasteiger partial charge in [-0.25, -0.2) is 4.99 Å². The smallest absolute Gasteiger partial charge is 0.401 e. The van der Waals surface area contributed by atoms with Crippen LogP contribution >= 0.6 is 0 Å². The van der Waals surface area contributed by atoms with E-state index in [4.69, 9.17) is 9.47 Å². The topological polar surface area (TPSA) is 78.4 Å². The minimum atomic E-state index is -4.19. The summed E-state index contributed by atoms with van der Waals surface area (Å²) in [5, 5.41) is 16.3. The third-order valence-corrected chi connectivity index (χ3v) is 4.32. The van der Waals surface area contributed by atoms with Gasteiger partial charge in [-0.2, -0.15) is 13.2 Å². The average molecular weight is 404 g/mol. The number of rotatable bonds is 7. The molecule has 0 spiro atoms. The van der Waals surface area contributed by atoms with Gasteiger partial charge in [0, 0.05) is 25.7 Å². The third kappa shape index (κ3) is 6.36. The van der Waals surface area contributed by atoms with Gasteiger partial charge >= 0.3 is 6.18 Å². The fraction of sp³-hybridized carbons (Fsp3) is 0.611. The van der Waals surface area contributed by atoms with Crippen molar-refractivity contribution in [3.8, 4) is 17.2 Å². The summed E-state index contributed by atoms with van der Waals surface area (Å²) in [6.45, 7) is 2.61. The van der Waals surface area contributed by atoms with E-state index in [1.807, 2.05) is 6.92 Å². The molecule has 0 aliphatic carbocycles. The monoisotopic (exact) mass is 404 g/mol. The first kappa shape index (κ1) is 21.9. The van der Waals surface area contributed by atoms with E-state index in [-0.39, 0.29) is 29.8 Å². The quantitative estimate of drug-likeness (QED) is 0.477. The first-order valence-electron chi connectivity index (χ1n) is 9.03. The standard InChI is InChI=1S/C18H27F3N4O3/c1-4-22-17(24-13-5-6-25(10-13)11-18(19,20)21)23-9-12-7-14(27-2)16(26)15(8-12)28-3/h7-8,13,26H,4-6,9-11H2,1-3H3,(H2,22,23,24). The normalized spacial score (nSPS) is 18.2. The predicted molar refractivity (Wildman–Crippen MR) is 100 cm³/mol. The predicted octanol–water partition coefficient (Wildman–Crippen LogP) is 2.10. The lowest BCUT2D eigenvalue weighted by Crippen LogP contribution is -2.45. The minimum Gasteiger partial charge on any atom is -0.502 e. The molecule has 0 saturated carbocycles. The van der Waals surface area contributed by atoms with Crippen LogP contribution in [-0.4, -0.2) is 68.6 Å². The Morgan fingerprint density at radius 3 is 2.46 bits per heavy atom. The number of halogens is 3. The highest BCUT2D eigenvalue weighted by Crippen LogP contribution is 2.37. The molecule has 7 nitrogen and oxygen atoms in total. The molecule has 0 radical (unpaired) electrons. The van der Waals surface area contributed by atoms with Crippen LogP contribution in [0.5, 0.6) is 17.2 Å². The van der Waals surface area contributed by atoms with Crippen LogP contribution in [0.4, 0.5) is 13.2 Å². The van der Waals surface area contributed by atoms with Gasteiger partial charge in [0.05, 0.1) is 27.3 Å². The van der Waals surface area contributed by atoms with Crippen molar-refractivity contribution in [2.45, 2.75) is 32.1 Å². The zero-order chi connectivity index (χ0) is 20.7. The van der Waals surface area contributed by atoms with Gasteiger partial charge in [-0.3, -0.25) is 4.90 Å². The van der Waals surface area contributed by atoms with Gasteiger partial charge in [0.25, 0.3) is 0 Å². The van der Waals surface area contributed by atoms with E-state index in [0.717, 1.165) is 5.56 Å². The molecule has 1 heterocycles. The first-order chi connectivity index (χ1) is 13.3. The van der Waals surface area contributed by atoms with Gasteiger partial charge in [-0.15, -0.1) is 0 Å². The van der Waals surface area contributed by atoms with Crippen LogP contribution in [0.1, 0.15) is 18.9 Å². The molecule has 1 aliphatic rings. The van der Waals surface area contributed by atoms with Crippen molar-refractivity contribution in [1.29, 1.82) is 0 Å². The van der Waals surface area contributed by atoms with Crippen LogP contribution in [0.2, 0.25) is 0 Å². The molecule has 2 rings (SSSR count). The van der Waals surface area contributed by atoms with E-state index in [9.17, 15) is 18.3 Å². The second-order valence-electron chi connectivity index (χ2n) is 6.52. The molecule has 1 saturated heterocycles. The van der Waals surface area contributed by atoms with Crippen molar-refractivity contribution < 1.29 is 27.8 Å². The number of aromatic hydroxyl groups is 1. The Hall–Kier alpha value is -2.36. The van der Waals surface area contributed by atoms with Crippen LogP contribution in [0.15, 0.2) is 17.1 Å². The zero-order valence-electron chi connectivity index (χ0n) is 16.3. The molecular weight excluding hydrogens is 377 g/mol. The molecule has 28 heavy (non-hydrogen) atoms. The molecular formula is C18H27F3N4O3. The largest absolute Gasteiger partial charge is 0.502 e. The van der Waals surface area contributed by atoms with Crippen molar-refractivity contribution in [2.24, 2.45) is 4.99 Å². The fourth-order valence-corrected chi connectivity index (χ4v) is 3.07. The SMILES string of the molecule is CCNC(=NCc1cc(OC)c(O)c(OC)c1)NC1CCN(CC(F)(F)F)C1. The van der Waals surface area contributed by atoms with E-state index in [1.165, 1.54) is 19.1 Å². The van der Waals surface area contributed by atoms with Gasteiger partial charge in [0.1, 0.15) is 0 Å². The molecule has 1 aromatic carbocycles. The second-order valence-corrected chi connectivity index (χ2v) is 6.52. The zero-order valence-corrected chi connectivity index (χ0v) is 16.3. The van der Waals surface area contributed by atoms with Gasteiger partial charge in [-0.05, 0) is 31.0 Å². The van der Waals surface area contributed by atoms with Crippen LogP contribution < -0.4 is 20.1 Å². The highest BCUT2D eigenvalue weighted by atomic mass is 19.4. The summed E-state index contributed by atoms with van der Waals surface area (Å²) in [5.74, 6) is 0.994. The first-order valence-corrected chi connectivity index (χ1v) is 9.03. The number of nitrogens with zero attached hydrogens (tertiary/aromatic N) is 2. The Balaban J connectivity index is 2.03. The van der Waals surface area contributed by atoms with Gasteiger partial charge < -0.3 is 25.2 Å². The fourth-order valence-electron chi connectivity index (χ4n) is 3.07. The molecule has 0 bridgehead atoms. The maximum atomic E-state index is 12.5. The number of phenolic OH excluding ortho intramolecular Hbond substituents is 1. The Morgan fingerprint density at radius 1 is 1.29 bits per heavy atom. The van der Waals surface area contributed by atoms with Crippen molar-refractivity contribution in [1.82, 2.24) is 15.5 Å². The van der Waals surface area contributed by atoms with Crippen LogP contribution in [0.25, 0.3) is 0 Å². The number of aliphatic imine (C=N–C) groups is 1. The molecule has 1 aromatic rings. The highest BCUT2D eigenvalue weighted by molar-refractivity contribution is 5.80. The van der Waals surface area contributed by atoms with Gasteiger partial charge in [0.15, 0.2) is 17.5 Å². The summed E-state index contributed by atoms with van der Waals surface area (Å²) in [4.78, 5) is 5.87. The molecule has 10 heteroatoms. The lowest BCUT2D eigenvalue weighted by Gasteiger charge is -2.20. The molecule has 0 aromatic heterocycles. The number of ether oxygens (including phenoxy) is 2. The van der Waals surface area contributed by atoms with Crippen molar-refractivity contribution in [3.63, 3.8) is 0 Å². The Kier molecular flexibility index (Phi) is 7.61. The van der Waals surface area contributed by atoms with E-state index >= 15 is 0 Å². The number of hydrogen-bond acceptors (Lipinski definition) is 5. The summed E-state index contributed by atoms with van der Waals surface area (Å²) in [6, 6.07) is 3.21. The summed E-state index contributed by atoms with van der Waals surface area (Å²) >= 11 is 0. The van der Waals surface area contributed by atoms with Crippen molar-refractivity contribution in [3.05, 3.63) is 17.7 Å². The summed E-state index contributed by atoms with van der Waals surface area (Å²) in [7, 11) is 2.89. The number of nitrogens with one attached hydrogen (secondary N) is 2. The lowest BCUT2D eigenvalue weighted by molar-refractivity contribution is -0.143. The third-order valence-electron chi connectivity index (χ3n) is 4.32. The summed E-state index contributed by atoms with van der Waals surface area (Å²) < 4.78 is 47.9. The van der Waals surface area contributed by atoms with E-state index in [1.54, 1.807) is 12.1 Å². The summed E-state index contributed by atoms with van der Waals surface area (Å²) in [5.41, 5.74) is 0.758. The molecule has 1 atom stereocenters. The minimum absolute atomic E-state index is 0.0847. The number of benzene rings is 1. The highest BCUT2D eigenvalue weighted by Gasteiger charge is 2.34. The maximum Gasteiger partial charge on any atom is 0.401 e. The Bertz CT molecular complexity index is 658. The second kappa shape index (κ2) is 9.72. The van der Waals surface area contributed by atoms with E-state index < -0.39 is 12.7 Å². The van der Waals surface area contributed by atoms with Crippen LogP contribution in [0.3, 0.4) is 0 Å². The van der Waals surface area contributed by atoms with Crippen molar-refractivity contribution >= 4 is 5.96 Å². The number of phenols is 1. The Morgan fingerprint density at radius 2 is 1.93 bits per heavy atom. The number of alkyl halides is 3. The average Bonchev–Trinajstić information content (AvgIpc) is 3.05. The summed E-state index contributed by atoms with van der Waals surface area (Å²) in [6.07, 6.45) is -3.58. The molecule has 158 valence electrons. The number of hydrogen-bond donors (Lipinski definition) is 3. The van der Waals surface area contributed by atoms with Crippen LogP contribution in [0, 0.1) is 0 Å². The molecule has 1 fully saturated rings. The number of methoxy groups -OCH3 is 2. The Labute approximate surface area is 162 Å². The van der Waals surface area contributed by atoms with E-state index in [0.29, 0.717) is 32.0 Å². The van der Waals surface area contributed by atoms with Crippen LogP contribution in [-0.2, 0) is 6.54 Å². The molecule has 1 unspecified atom stereocenters. The van der Waals surface area contributed by atoms with Crippen molar-refractivity contribution in [2.75, 3.05) is 40.4 Å². The van der Waals surface area contributed by atoms with Gasteiger partial charge in [0.2, 0.25) is 5.75 Å². The maximum absolute atomic E-state index is 12.5. The number of guanidine groups is 1.